The van der Waals surface area contributed by atoms with E-state index in [0.717, 1.165) is 6.42 Å². The number of carbonyl (C=O) groups is 2. The Balaban J connectivity index is 2.02. The molecule has 80 valence electrons. The lowest BCUT2D eigenvalue weighted by molar-refractivity contribution is -0.120. The predicted molar refractivity (Wildman–Crippen MR) is 53.4 cm³/mol. The van der Waals surface area contributed by atoms with Crippen molar-refractivity contribution in [3.8, 4) is 0 Å². The normalized spacial score (nSPS) is 20.6. The maximum atomic E-state index is 11.8. The summed E-state index contributed by atoms with van der Waals surface area (Å²) in [5.74, 6) is 0.386. The second kappa shape index (κ2) is 3.88. The minimum atomic E-state index is -0.122. The van der Waals surface area contributed by atoms with Crippen LogP contribution in [-0.2, 0) is 4.79 Å². The van der Waals surface area contributed by atoms with Gasteiger partial charge in [0.15, 0.2) is 5.76 Å². The van der Waals surface area contributed by atoms with Gasteiger partial charge in [-0.1, -0.05) is 0 Å². The fourth-order valence-corrected chi connectivity index (χ4v) is 1.83. The summed E-state index contributed by atoms with van der Waals surface area (Å²) < 4.78 is 5.03. The zero-order valence-corrected chi connectivity index (χ0v) is 8.60. The van der Waals surface area contributed by atoms with Crippen molar-refractivity contribution in [3.05, 3.63) is 24.2 Å². The Kier molecular flexibility index (Phi) is 2.58. The van der Waals surface area contributed by atoms with Gasteiger partial charge in [0.2, 0.25) is 0 Å². The molecule has 15 heavy (non-hydrogen) atoms. The summed E-state index contributed by atoms with van der Waals surface area (Å²) >= 11 is 0. The van der Waals surface area contributed by atoms with Gasteiger partial charge in [0.05, 0.1) is 6.26 Å². The van der Waals surface area contributed by atoms with Gasteiger partial charge in [-0.05, 0) is 25.5 Å². The van der Waals surface area contributed by atoms with Gasteiger partial charge >= 0.3 is 0 Å². The molecule has 0 N–H and O–H groups in total. The summed E-state index contributed by atoms with van der Waals surface area (Å²) in [7, 11) is 0. The molecule has 1 fully saturated rings. The number of rotatable bonds is 2. The van der Waals surface area contributed by atoms with E-state index in [-0.39, 0.29) is 17.6 Å². The molecule has 4 nitrogen and oxygen atoms in total. The molecule has 2 heterocycles. The number of furan rings is 1. The summed E-state index contributed by atoms with van der Waals surface area (Å²) in [5, 5.41) is 0. The van der Waals surface area contributed by atoms with Crippen LogP contribution in [0.15, 0.2) is 22.8 Å². The Bertz CT molecular complexity index is 369. The molecule has 0 bridgehead atoms. The van der Waals surface area contributed by atoms with E-state index in [1.54, 1.807) is 24.0 Å². The highest BCUT2D eigenvalue weighted by Crippen LogP contribution is 2.19. The number of amides is 1. The number of nitrogens with zero attached hydrogens (tertiary/aromatic N) is 1. The van der Waals surface area contributed by atoms with Crippen LogP contribution < -0.4 is 0 Å². The summed E-state index contributed by atoms with van der Waals surface area (Å²) in [6.07, 6.45) is 2.24. The van der Waals surface area contributed by atoms with E-state index in [0.29, 0.717) is 18.8 Å². The van der Waals surface area contributed by atoms with Gasteiger partial charge in [0, 0.05) is 19.0 Å². The van der Waals surface area contributed by atoms with Crippen molar-refractivity contribution in [2.75, 3.05) is 13.1 Å². The number of ketones is 1. The molecule has 4 heteroatoms. The molecule has 0 unspecified atom stereocenters. The van der Waals surface area contributed by atoms with E-state index in [4.69, 9.17) is 4.42 Å². The molecule has 0 saturated carbocycles. The minimum absolute atomic E-state index is 0.00362. The summed E-state index contributed by atoms with van der Waals surface area (Å²) in [6.45, 7) is 2.74. The van der Waals surface area contributed by atoms with Crippen molar-refractivity contribution in [2.24, 2.45) is 5.92 Å². The average molecular weight is 207 g/mol. The van der Waals surface area contributed by atoms with Gasteiger partial charge in [-0.15, -0.1) is 0 Å². The molecule has 0 spiro atoms. The molecule has 1 aliphatic heterocycles. The van der Waals surface area contributed by atoms with Gasteiger partial charge in [0.25, 0.3) is 5.91 Å². The number of hydrogen-bond donors (Lipinski definition) is 0. The molecule has 1 aromatic rings. The van der Waals surface area contributed by atoms with E-state index in [1.807, 2.05) is 0 Å². The highest BCUT2D eigenvalue weighted by atomic mass is 16.3. The highest BCUT2D eigenvalue weighted by Gasteiger charge is 2.30. The fourth-order valence-electron chi connectivity index (χ4n) is 1.83. The number of likely N-dealkylation sites (tertiary alicyclic amines) is 1. The van der Waals surface area contributed by atoms with Gasteiger partial charge in [-0.2, -0.15) is 0 Å². The van der Waals surface area contributed by atoms with Crippen LogP contribution in [0, 0.1) is 5.92 Å². The quantitative estimate of drug-likeness (QED) is 0.735. The first kappa shape index (κ1) is 9.96. The maximum absolute atomic E-state index is 11.8. The van der Waals surface area contributed by atoms with Crippen molar-refractivity contribution in [2.45, 2.75) is 13.3 Å². The first-order chi connectivity index (χ1) is 7.18. The third kappa shape index (κ3) is 1.93. The first-order valence-electron chi connectivity index (χ1n) is 5.01. The van der Waals surface area contributed by atoms with E-state index < -0.39 is 0 Å². The lowest BCUT2D eigenvalue weighted by Crippen LogP contribution is -2.29. The van der Waals surface area contributed by atoms with Crippen LogP contribution in [0.3, 0.4) is 0 Å². The highest BCUT2D eigenvalue weighted by molar-refractivity contribution is 5.92. The van der Waals surface area contributed by atoms with Crippen LogP contribution in [0.2, 0.25) is 0 Å². The Morgan fingerprint density at radius 3 is 2.87 bits per heavy atom. The smallest absolute Gasteiger partial charge is 0.289 e. The minimum Gasteiger partial charge on any atom is -0.459 e. The Hall–Kier alpha value is -1.58. The van der Waals surface area contributed by atoms with Crippen molar-refractivity contribution >= 4 is 11.7 Å². The van der Waals surface area contributed by atoms with Crippen LogP contribution in [0.4, 0.5) is 0 Å². The molecule has 1 atom stereocenters. The first-order valence-corrected chi connectivity index (χ1v) is 5.01. The second-order valence-electron chi connectivity index (χ2n) is 3.82. The lowest BCUT2D eigenvalue weighted by atomic mass is 10.1. The topological polar surface area (TPSA) is 50.5 Å². The number of carbonyl (C=O) groups excluding carboxylic acids is 2. The third-order valence-corrected chi connectivity index (χ3v) is 2.78. The molecule has 2 rings (SSSR count). The van der Waals surface area contributed by atoms with Gasteiger partial charge in [-0.3, -0.25) is 9.59 Å². The van der Waals surface area contributed by atoms with Crippen LogP contribution in [0.5, 0.6) is 0 Å². The molecule has 0 aliphatic carbocycles. The molecular formula is C11H13NO3. The monoisotopic (exact) mass is 207 g/mol. The summed E-state index contributed by atoms with van der Waals surface area (Å²) in [4.78, 5) is 24.6. The van der Waals surface area contributed by atoms with Crippen LogP contribution in [0.25, 0.3) is 0 Å². The summed E-state index contributed by atoms with van der Waals surface area (Å²) in [5.41, 5.74) is 0. The van der Waals surface area contributed by atoms with E-state index in [1.165, 1.54) is 6.26 Å². The van der Waals surface area contributed by atoms with Crippen molar-refractivity contribution in [3.63, 3.8) is 0 Å². The number of hydrogen-bond acceptors (Lipinski definition) is 3. The largest absolute Gasteiger partial charge is 0.459 e. The van der Waals surface area contributed by atoms with E-state index >= 15 is 0 Å². The zero-order chi connectivity index (χ0) is 10.8. The van der Waals surface area contributed by atoms with E-state index in [2.05, 4.69) is 0 Å². The van der Waals surface area contributed by atoms with Crippen LogP contribution in [-0.4, -0.2) is 29.7 Å². The van der Waals surface area contributed by atoms with Gasteiger partial charge in [-0.25, -0.2) is 0 Å². The van der Waals surface area contributed by atoms with E-state index in [9.17, 15) is 9.59 Å². The molecule has 1 amide bonds. The van der Waals surface area contributed by atoms with Crippen molar-refractivity contribution in [1.82, 2.24) is 4.90 Å². The van der Waals surface area contributed by atoms with Crippen LogP contribution >= 0.6 is 0 Å². The molecule has 1 saturated heterocycles. The third-order valence-electron chi connectivity index (χ3n) is 2.78. The Morgan fingerprint density at radius 1 is 1.53 bits per heavy atom. The average Bonchev–Trinajstić information content (AvgIpc) is 2.88. The lowest BCUT2D eigenvalue weighted by Gasteiger charge is -2.13. The van der Waals surface area contributed by atoms with Crippen LogP contribution in [0.1, 0.15) is 23.9 Å². The summed E-state index contributed by atoms with van der Waals surface area (Å²) in [6, 6.07) is 3.33. The molecule has 1 aliphatic rings. The molecule has 0 radical (unpaired) electrons. The molecule has 1 aromatic heterocycles. The standard InChI is InChI=1S/C11H13NO3/c1-8(13)9-4-5-12(7-9)11(14)10-3-2-6-15-10/h2-3,6,9H,4-5,7H2,1H3/t9-/m1/s1. The predicted octanol–water partition coefficient (Wildman–Crippen LogP) is 1.33. The zero-order valence-electron chi connectivity index (χ0n) is 8.60. The Morgan fingerprint density at radius 2 is 2.33 bits per heavy atom. The van der Waals surface area contributed by atoms with Crippen molar-refractivity contribution in [1.29, 1.82) is 0 Å². The van der Waals surface area contributed by atoms with Gasteiger partial charge in [0.1, 0.15) is 5.78 Å². The van der Waals surface area contributed by atoms with Crippen molar-refractivity contribution < 1.29 is 14.0 Å². The SMILES string of the molecule is CC(=O)[C@@H]1CCN(C(=O)c2ccco2)C1. The second-order valence-corrected chi connectivity index (χ2v) is 3.82. The Labute approximate surface area is 87.9 Å². The number of Topliss-reactive ketones (excluding diaryl/α,β-unsaturated/α-hetero) is 1. The van der Waals surface area contributed by atoms with Gasteiger partial charge < -0.3 is 9.32 Å². The molecule has 0 aromatic carbocycles. The fraction of sp³-hybridized carbons (Fsp3) is 0.455. The molecular weight excluding hydrogens is 194 g/mol. The maximum Gasteiger partial charge on any atom is 0.289 e.